The van der Waals surface area contributed by atoms with Crippen LogP contribution < -0.4 is 0 Å². The van der Waals surface area contributed by atoms with E-state index in [1.165, 1.54) is 49.1 Å². The molecule has 2 fully saturated rings. The third-order valence-corrected chi connectivity index (χ3v) is 5.78. The summed E-state index contributed by atoms with van der Waals surface area (Å²) in [5, 5.41) is 7.83. The van der Waals surface area contributed by atoms with Gasteiger partial charge in [-0.3, -0.25) is 5.10 Å². The van der Waals surface area contributed by atoms with Gasteiger partial charge in [0.25, 0.3) is 0 Å². The van der Waals surface area contributed by atoms with Crippen molar-refractivity contribution in [3.8, 4) is 0 Å². The van der Waals surface area contributed by atoms with Gasteiger partial charge in [0, 0.05) is 37.3 Å². The van der Waals surface area contributed by atoms with Gasteiger partial charge in [-0.25, -0.2) is 4.79 Å². The zero-order valence-electron chi connectivity index (χ0n) is 14.4. The summed E-state index contributed by atoms with van der Waals surface area (Å²) in [7, 11) is 0. The second kappa shape index (κ2) is 7.13. The zero-order valence-corrected chi connectivity index (χ0v) is 14.4. The molecule has 1 aliphatic carbocycles. The molecule has 6 heteroatoms. The smallest absolute Gasteiger partial charge is 0.320 e. The van der Waals surface area contributed by atoms with E-state index < -0.39 is 0 Å². The molecule has 3 heterocycles. The lowest BCUT2D eigenvalue weighted by molar-refractivity contribution is 0.0421. The summed E-state index contributed by atoms with van der Waals surface area (Å²) < 4.78 is 5.36. The van der Waals surface area contributed by atoms with Crippen LogP contribution in [0.15, 0.2) is 0 Å². The van der Waals surface area contributed by atoms with Gasteiger partial charge in [-0.05, 0) is 12.3 Å². The SMILES string of the molecule is O=C(N1CCOCC1)N1CCc2[nH]nc(CC3CCCCC3)c2C1. The van der Waals surface area contributed by atoms with Crippen LogP contribution in [0.1, 0.15) is 49.1 Å². The fraction of sp³-hybridized carbons (Fsp3) is 0.778. The number of carbonyl (C=O) groups excluding carboxylic acids is 1. The van der Waals surface area contributed by atoms with Crippen LogP contribution in [-0.2, 0) is 24.1 Å². The number of carbonyl (C=O) groups is 1. The van der Waals surface area contributed by atoms with Crippen molar-refractivity contribution in [3.05, 3.63) is 17.0 Å². The number of hydrogen-bond donors (Lipinski definition) is 1. The first kappa shape index (κ1) is 15.9. The summed E-state index contributed by atoms with van der Waals surface area (Å²) in [5.41, 5.74) is 3.73. The van der Waals surface area contributed by atoms with E-state index in [0.29, 0.717) is 32.8 Å². The van der Waals surface area contributed by atoms with Crippen LogP contribution in [0, 0.1) is 5.92 Å². The third-order valence-electron chi connectivity index (χ3n) is 5.78. The molecule has 3 aliphatic rings. The lowest BCUT2D eigenvalue weighted by atomic mass is 9.85. The van der Waals surface area contributed by atoms with Crippen molar-refractivity contribution in [1.82, 2.24) is 20.0 Å². The molecule has 1 N–H and O–H groups in total. The Morgan fingerprint density at radius 2 is 1.92 bits per heavy atom. The molecule has 4 rings (SSSR count). The van der Waals surface area contributed by atoms with Crippen molar-refractivity contribution in [1.29, 1.82) is 0 Å². The van der Waals surface area contributed by atoms with E-state index in [0.717, 1.165) is 25.3 Å². The minimum atomic E-state index is 0.161. The van der Waals surface area contributed by atoms with Crippen molar-refractivity contribution < 1.29 is 9.53 Å². The highest BCUT2D eigenvalue weighted by molar-refractivity contribution is 5.75. The summed E-state index contributed by atoms with van der Waals surface area (Å²) in [6.07, 6.45) is 8.74. The van der Waals surface area contributed by atoms with E-state index in [2.05, 4.69) is 10.2 Å². The second-order valence-corrected chi connectivity index (χ2v) is 7.39. The van der Waals surface area contributed by atoms with Crippen LogP contribution in [0.5, 0.6) is 0 Å². The molecule has 2 amide bonds. The lowest BCUT2D eigenvalue weighted by Crippen LogP contribution is -2.49. The monoisotopic (exact) mass is 332 g/mol. The number of aromatic amines is 1. The molecule has 1 aromatic rings. The van der Waals surface area contributed by atoms with Crippen LogP contribution in [0.3, 0.4) is 0 Å². The maximum atomic E-state index is 12.8. The molecule has 132 valence electrons. The Hall–Kier alpha value is -1.56. The summed E-state index contributed by atoms with van der Waals surface area (Å²) in [4.78, 5) is 16.7. The number of aromatic nitrogens is 2. The van der Waals surface area contributed by atoms with Gasteiger partial charge in [0.15, 0.2) is 0 Å². The van der Waals surface area contributed by atoms with Crippen LogP contribution in [0.4, 0.5) is 4.79 Å². The molecule has 0 unspecified atom stereocenters. The standard InChI is InChI=1S/C18H28N4O2/c23-18(21-8-10-24-11-9-21)22-7-6-16-15(13-22)17(20-19-16)12-14-4-2-1-3-5-14/h14H,1-13H2,(H,19,20). The first-order valence-electron chi connectivity index (χ1n) is 9.48. The van der Waals surface area contributed by atoms with Crippen molar-refractivity contribution in [2.45, 2.75) is 51.5 Å². The zero-order chi connectivity index (χ0) is 16.4. The molecule has 0 spiro atoms. The van der Waals surface area contributed by atoms with E-state index >= 15 is 0 Å². The number of morpholine rings is 1. The van der Waals surface area contributed by atoms with Gasteiger partial charge in [0.2, 0.25) is 0 Å². The highest BCUT2D eigenvalue weighted by Gasteiger charge is 2.29. The highest BCUT2D eigenvalue weighted by atomic mass is 16.5. The topological polar surface area (TPSA) is 61.5 Å². The number of ether oxygens (including phenoxy) is 1. The van der Waals surface area contributed by atoms with E-state index in [-0.39, 0.29) is 6.03 Å². The summed E-state index contributed by atoms with van der Waals surface area (Å²) in [5.74, 6) is 0.775. The van der Waals surface area contributed by atoms with Gasteiger partial charge >= 0.3 is 6.03 Å². The van der Waals surface area contributed by atoms with E-state index in [4.69, 9.17) is 4.74 Å². The average Bonchev–Trinajstić information content (AvgIpc) is 3.05. The average molecular weight is 332 g/mol. The highest BCUT2D eigenvalue weighted by Crippen LogP contribution is 2.29. The van der Waals surface area contributed by atoms with E-state index in [1.54, 1.807) is 0 Å². The number of urea groups is 1. The lowest BCUT2D eigenvalue weighted by Gasteiger charge is -2.35. The Morgan fingerprint density at radius 1 is 1.12 bits per heavy atom. The van der Waals surface area contributed by atoms with E-state index in [9.17, 15) is 4.79 Å². The third kappa shape index (κ3) is 3.29. The number of hydrogen-bond acceptors (Lipinski definition) is 3. The Balaban J connectivity index is 1.43. The summed E-state index contributed by atoms with van der Waals surface area (Å²) in [6.45, 7) is 4.23. The normalized spacial score (nSPS) is 22.5. The molecule has 1 saturated carbocycles. The maximum absolute atomic E-state index is 12.8. The van der Waals surface area contributed by atoms with Crippen molar-refractivity contribution in [2.75, 3.05) is 32.8 Å². The van der Waals surface area contributed by atoms with Gasteiger partial charge in [0.1, 0.15) is 0 Å². The minimum Gasteiger partial charge on any atom is -0.378 e. The first-order valence-corrected chi connectivity index (χ1v) is 9.48. The van der Waals surface area contributed by atoms with Gasteiger partial charge < -0.3 is 14.5 Å². The minimum absolute atomic E-state index is 0.161. The molecule has 2 aliphatic heterocycles. The number of rotatable bonds is 2. The Bertz CT molecular complexity index is 574. The number of nitrogens with zero attached hydrogens (tertiary/aromatic N) is 3. The van der Waals surface area contributed by atoms with Crippen molar-refractivity contribution in [2.24, 2.45) is 5.92 Å². The molecule has 0 bridgehead atoms. The van der Waals surface area contributed by atoms with Crippen LogP contribution in [0.2, 0.25) is 0 Å². The van der Waals surface area contributed by atoms with Gasteiger partial charge in [0.05, 0.1) is 25.5 Å². The molecule has 0 radical (unpaired) electrons. The number of fused-ring (bicyclic) bond motifs is 1. The quantitative estimate of drug-likeness (QED) is 0.904. The summed E-state index contributed by atoms with van der Waals surface area (Å²) in [6, 6.07) is 0.161. The Morgan fingerprint density at radius 3 is 2.71 bits per heavy atom. The molecule has 1 saturated heterocycles. The number of nitrogens with one attached hydrogen (secondary N) is 1. The Kier molecular flexibility index (Phi) is 4.74. The predicted molar refractivity (Wildman–Crippen MR) is 90.8 cm³/mol. The number of amides is 2. The molecule has 1 aromatic heterocycles. The molecule has 0 aromatic carbocycles. The largest absolute Gasteiger partial charge is 0.378 e. The predicted octanol–water partition coefficient (Wildman–Crippen LogP) is 2.34. The van der Waals surface area contributed by atoms with Crippen molar-refractivity contribution >= 4 is 6.03 Å². The fourth-order valence-electron chi connectivity index (χ4n) is 4.31. The van der Waals surface area contributed by atoms with Gasteiger partial charge in [-0.15, -0.1) is 0 Å². The van der Waals surface area contributed by atoms with Crippen LogP contribution >= 0.6 is 0 Å². The second-order valence-electron chi connectivity index (χ2n) is 7.39. The van der Waals surface area contributed by atoms with Crippen LogP contribution in [-0.4, -0.2) is 58.9 Å². The number of H-pyrrole nitrogens is 1. The molecule has 6 nitrogen and oxygen atoms in total. The maximum Gasteiger partial charge on any atom is 0.320 e. The molecule has 0 atom stereocenters. The fourth-order valence-corrected chi connectivity index (χ4v) is 4.31. The van der Waals surface area contributed by atoms with Gasteiger partial charge in [-0.2, -0.15) is 5.10 Å². The van der Waals surface area contributed by atoms with Crippen LogP contribution in [0.25, 0.3) is 0 Å². The first-order chi connectivity index (χ1) is 11.8. The molecular weight excluding hydrogens is 304 g/mol. The summed E-state index contributed by atoms with van der Waals surface area (Å²) >= 11 is 0. The van der Waals surface area contributed by atoms with E-state index in [1.807, 2.05) is 9.80 Å². The van der Waals surface area contributed by atoms with Crippen molar-refractivity contribution in [3.63, 3.8) is 0 Å². The molecule has 24 heavy (non-hydrogen) atoms. The molecular formula is C18H28N4O2. The van der Waals surface area contributed by atoms with Gasteiger partial charge in [-0.1, -0.05) is 32.1 Å². The Labute approximate surface area is 143 Å².